The number of sulfonamides is 1. The first-order valence-corrected chi connectivity index (χ1v) is 10.7. The van der Waals surface area contributed by atoms with Crippen molar-refractivity contribution in [2.75, 3.05) is 24.2 Å². The summed E-state index contributed by atoms with van der Waals surface area (Å²) < 4.78 is 26.1. The zero-order valence-electron chi connectivity index (χ0n) is 15.0. The maximum absolute atomic E-state index is 12.6. The molecule has 0 aliphatic carbocycles. The summed E-state index contributed by atoms with van der Waals surface area (Å²) in [5.41, 5.74) is 1.47. The molecule has 0 spiro atoms. The molecule has 7 heteroatoms. The van der Waals surface area contributed by atoms with E-state index in [-0.39, 0.29) is 17.6 Å². The molecule has 0 bridgehead atoms. The van der Waals surface area contributed by atoms with Crippen LogP contribution >= 0.6 is 0 Å². The van der Waals surface area contributed by atoms with E-state index < -0.39 is 10.0 Å². The van der Waals surface area contributed by atoms with E-state index in [9.17, 15) is 13.2 Å². The molecule has 0 saturated carbocycles. The average Bonchev–Trinajstić information content (AvgIpc) is 2.67. The summed E-state index contributed by atoms with van der Waals surface area (Å²) >= 11 is 0. The third-order valence-electron chi connectivity index (χ3n) is 4.86. The van der Waals surface area contributed by atoms with Gasteiger partial charge in [0, 0.05) is 30.6 Å². The van der Waals surface area contributed by atoms with Crippen molar-refractivity contribution in [2.45, 2.75) is 32.6 Å². The fraction of sp³-hybridized carbons (Fsp3) is 0.474. The summed E-state index contributed by atoms with van der Waals surface area (Å²) in [6.07, 6.45) is 4.34. The minimum atomic E-state index is -3.19. The molecule has 0 unspecified atom stereocenters. The van der Waals surface area contributed by atoms with Gasteiger partial charge in [-0.3, -0.25) is 9.78 Å². The Labute approximate surface area is 154 Å². The zero-order chi connectivity index (χ0) is 18.6. The second kappa shape index (κ2) is 8.14. The number of unbranched alkanes of at least 4 members (excludes halogenated alkanes) is 1. The number of carbonyl (C=O) groups excluding carboxylic acids is 1. The molecule has 1 amide bonds. The monoisotopic (exact) mass is 375 g/mol. The summed E-state index contributed by atoms with van der Waals surface area (Å²) in [5.74, 6) is -0.0393. The van der Waals surface area contributed by atoms with Gasteiger partial charge in [-0.05, 0) is 31.4 Å². The lowest BCUT2D eigenvalue weighted by molar-refractivity contribution is -0.120. The van der Waals surface area contributed by atoms with Crippen molar-refractivity contribution < 1.29 is 13.2 Å². The number of benzene rings is 1. The molecule has 0 atom stereocenters. The Hall–Kier alpha value is -1.99. The summed E-state index contributed by atoms with van der Waals surface area (Å²) in [4.78, 5) is 17.0. The van der Waals surface area contributed by atoms with Crippen LogP contribution in [0, 0.1) is 5.92 Å². The highest BCUT2D eigenvalue weighted by Gasteiger charge is 2.30. The number of fused-ring (bicyclic) bond motifs is 1. The lowest BCUT2D eigenvalue weighted by Gasteiger charge is -2.30. The van der Waals surface area contributed by atoms with Crippen molar-refractivity contribution in [1.29, 1.82) is 0 Å². The highest BCUT2D eigenvalue weighted by atomic mass is 32.2. The molecule has 1 aromatic carbocycles. The lowest BCUT2D eigenvalue weighted by Crippen LogP contribution is -2.42. The van der Waals surface area contributed by atoms with E-state index in [0.717, 1.165) is 17.3 Å². The Balaban J connectivity index is 1.62. The molecule has 2 aromatic rings. The van der Waals surface area contributed by atoms with Gasteiger partial charge < -0.3 is 5.32 Å². The van der Waals surface area contributed by atoms with Gasteiger partial charge >= 0.3 is 0 Å². The molecule has 1 saturated heterocycles. The van der Waals surface area contributed by atoms with Crippen molar-refractivity contribution in [3.8, 4) is 0 Å². The molecule has 1 fully saturated rings. The van der Waals surface area contributed by atoms with Crippen LogP contribution in [0.5, 0.6) is 0 Å². The van der Waals surface area contributed by atoms with Gasteiger partial charge in [0.1, 0.15) is 0 Å². The van der Waals surface area contributed by atoms with Gasteiger partial charge in [-0.25, -0.2) is 12.7 Å². The Kier molecular flexibility index (Phi) is 5.88. The lowest BCUT2D eigenvalue weighted by atomic mass is 9.97. The molecule has 140 valence electrons. The molecule has 3 rings (SSSR count). The first kappa shape index (κ1) is 18.8. The topological polar surface area (TPSA) is 79.4 Å². The zero-order valence-corrected chi connectivity index (χ0v) is 15.8. The smallest absolute Gasteiger partial charge is 0.227 e. The van der Waals surface area contributed by atoms with Crippen LogP contribution in [0.3, 0.4) is 0 Å². The number of nitrogens with one attached hydrogen (secondary N) is 1. The average molecular weight is 375 g/mol. The van der Waals surface area contributed by atoms with Crippen molar-refractivity contribution in [3.63, 3.8) is 0 Å². The number of carbonyl (C=O) groups is 1. The molecule has 1 aliphatic rings. The van der Waals surface area contributed by atoms with Crippen molar-refractivity contribution in [3.05, 3.63) is 36.5 Å². The predicted molar refractivity (Wildman–Crippen MR) is 103 cm³/mol. The van der Waals surface area contributed by atoms with Gasteiger partial charge in [-0.1, -0.05) is 31.5 Å². The van der Waals surface area contributed by atoms with Crippen LogP contribution < -0.4 is 5.32 Å². The summed E-state index contributed by atoms with van der Waals surface area (Å²) in [7, 11) is -3.19. The number of aromatic nitrogens is 1. The Bertz CT molecular complexity index is 869. The maximum Gasteiger partial charge on any atom is 0.227 e. The second-order valence-electron chi connectivity index (χ2n) is 6.71. The first-order chi connectivity index (χ1) is 12.5. The number of rotatable bonds is 6. The van der Waals surface area contributed by atoms with Crippen LogP contribution in [0.25, 0.3) is 10.9 Å². The number of pyridine rings is 1. The number of amides is 1. The molecule has 2 heterocycles. The molecule has 1 N–H and O–H groups in total. The maximum atomic E-state index is 12.6. The van der Waals surface area contributed by atoms with Gasteiger partial charge in [0.05, 0.1) is 17.0 Å². The highest BCUT2D eigenvalue weighted by Crippen LogP contribution is 2.25. The van der Waals surface area contributed by atoms with Crippen LogP contribution in [0.15, 0.2) is 36.5 Å². The van der Waals surface area contributed by atoms with E-state index in [1.54, 1.807) is 6.20 Å². The molecule has 26 heavy (non-hydrogen) atoms. The van der Waals surface area contributed by atoms with Crippen molar-refractivity contribution in [1.82, 2.24) is 9.29 Å². The largest absolute Gasteiger partial charge is 0.324 e. The first-order valence-electron chi connectivity index (χ1n) is 9.13. The predicted octanol–water partition coefficient (Wildman–Crippen LogP) is 3.02. The molecule has 1 aromatic heterocycles. The van der Waals surface area contributed by atoms with Crippen molar-refractivity contribution in [2.24, 2.45) is 5.92 Å². The Morgan fingerprint density at radius 1 is 1.23 bits per heavy atom. The fourth-order valence-corrected chi connectivity index (χ4v) is 4.97. The van der Waals surface area contributed by atoms with Crippen LogP contribution in [-0.4, -0.2) is 42.5 Å². The van der Waals surface area contributed by atoms with Crippen molar-refractivity contribution >= 4 is 32.5 Å². The van der Waals surface area contributed by atoms with Crippen LogP contribution in [0.2, 0.25) is 0 Å². The van der Waals surface area contributed by atoms with Crippen LogP contribution in [0.1, 0.15) is 32.6 Å². The van der Waals surface area contributed by atoms with Crippen LogP contribution in [0.4, 0.5) is 5.69 Å². The Morgan fingerprint density at radius 2 is 1.96 bits per heavy atom. The summed E-state index contributed by atoms with van der Waals surface area (Å²) in [5, 5.41) is 3.95. The summed E-state index contributed by atoms with van der Waals surface area (Å²) in [6.45, 7) is 2.81. The summed E-state index contributed by atoms with van der Waals surface area (Å²) in [6, 6.07) is 9.51. The highest BCUT2D eigenvalue weighted by molar-refractivity contribution is 7.89. The molecular formula is C19H25N3O3S. The van der Waals surface area contributed by atoms with Gasteiger partial charge in [-0.2, -0.15) is 0 Å². The minimum absolute atomic E-state index is 0.0613. The number of nitrogens with zero attached hydrogens (tertiary/aromatic N) is 2. The third-order valence-corrected chi connectivity index (χ3v) is 6.82. The van der Waals surface area contributed by atoms with E-state index in [0.29, 0.717) is 38.0 Å². The van der Waals surface area contributed by atoms with E-state index in [1.807, 2.05) is 37.3 Å². The number of para-hydroxylation sites is 1. The van der Waals surface area contributed by atoms with Gasteiger partial charge in [0.25, 0.3) is 0 Å². The Morgan fingerprint density at radius 3 is 2.69 bits per heavy atom. The number of anilines is 1. The van der Waals surface area contributed by atoms with E-state index in [2.05, 4.69) is 10.3 Å². The quantitative estimate of drug-likeness (QED) is 0.842. The van der Waals surface area contributed by atoms with E-state index in [1.165, 1.54) is 4.31 Å². The van der Waals surface area contributed by atoms with Gasteiger partial charge in [-0.15, -0.1) is 0 Å². The number of hydrogen-bond acceptors (Lipinski definition) is 4. The fourth-order valence-electron chi connectivity index (χ4n) is 3.29. The second-order valence-corrected chi connectivity index (χ2v) is 8.80. The number of piperidine rings is 1. The third kappa shape index (κ3) is 4.22. The molecule has 0 radical (unpaired) electrons. The van der Waals surface area contributed by atoms with Gasteiger partial charge in [0.2, 0.25) is 15.9 Å². The van der Waals surface area contributed by atoms with Gasteiger partial charge in [0.15, 0.2) is 0 Å². The van der Waals surface area contributed by atoms with Crippen LogP contribution in [-0.2, 0) is 14.8 Å². The standard InChI is InChI=1S/C19H25N3O3S/c1-2-3-14-26(24,25)22-12-9-16(10-13-22)19(23)21-17-8-4-6-15-7-5-11-20-18(15)17/h4-8,11,16H,2-3,9-10,12-14H2,1H3,(H,21,23). The SMILES string of the molecule is CCCCS(=O)(=O)N1CCC(C(=O)Nc2cccc3cccnc23)CC1. The molecule has 6 nitrogen and oxygen atoms in total. The normalized spacial score (nSPS) is 16.7. The minimum Gasteiger partial charge on any atom is -0.324 e. The number of hydrogen-bond donors (Lipinski definition) is 1. The van der Waals surface area contributed by atoms with E-state index >= 15 is 0 Å². The van der Waals surface area contributed by atoms with E-state index in [4.69, 9.17) is 0 Å². The molecular weight excluding hydrogens is 350 g/mol. The molecule has 1 aliphatic heterocycles.